The van der Waals surface area contributed by atoms with Gasteiger partial charge in [-0.2, -0.15) is 0 Å². The van der Waals surface area contributed by atoms with Crippen LogP contribution in [0.3, 0.4) is 0 Å². The van der Waals surface area contributed by atoms with E-state index in [2.05, 4.69) is 32.9 Å². The zero-order valence-corrected chi connectivity index (χ0v) is 18.3. The Morgan fingerprint density at radius 1 is 1.17 bits per heavy atom. The van der Waals surface area contributed by atoms with Crippen molar-refractivity contribution < 1.29 is 9.84 Å². The number of aliphatic hydroxyl groups excluding tert-OH is 1. The fraction of sp³-hybridized carbons (Fsp3) is 0.136. The number of aromatic nitrogens is 3. The average Bonchev–Trinajstić information content (AvgIpc) is 2.71. The molecule has 0 radical (unpaired) electrons. The SMILES string of the molecule is Cc1ccc(Oc2ccc([AsH]c3ncnc(C#CC=CCO)c3N)cc2C)cn1. The molecule has 3 N–H and O–H groups in total. The molecule has 0 aliphatic heterocycles. The van der Waals surface area contributed by atoms with Gasteiger partial charge in [-0.1, -0.05) is 0 Å². The van der Waals surface area contributed by atoms with E-state index in [0.717, 1.165) is 21.5 Å². The van der Waals surface area contributed by atoms with Crippen LogP contribution in [-0.2, 0) is 0 Å². The molecule has 1 unspecified atom stereocenters. The maximum absolute atomic E-state index is 8.75. The van der Waals surface area contributed by atoms with E-state index in [4.69, 9.17) is 15.6 Å². The van der Waals surface area contributed by atoms with E-state index in [-0.39, 0.29) is 6.61 Å². The molecule has 3 rings (SSSR count). The van der Waals surface area contributed by atoms with Crippen LogP contribution in [0.1, 0.15) is 17.0 Å². The maximum atomic E-state index is 8.75. The summed E-state index contributed by atoms with van der Waals surface area (Å²) >= 11 is -0.754. The number of nitrogens with zero attached hydrogens (tertiary/aromatic N) is 3. The van der Waals surface area contributed by atoms with Gasteiger partial charge < -0.3 is 0 Å². The zero-order valence-electron chi connectivity index (χ0n) is 16.2. The van der Waals surface area contributed by atoms with Crippen LogP contribution in [0.25, 0.3) is 0 Å². The van der Waals surface area contributed by atoms with E-state index in [1.54, 1.807) is 18.3 Å². The fourth-order valence-electron chi connectivity index (χ4n) is 2.44. The van der Waals surface area contributed by atoms with Crippen molar-refractivity contribution >= 4 is 30.3 Å². The van der Waals surface area contributed by atoms with Gasteiger partial charge in [0.1, 0.15) is 0 Å². The molecule has 146 valence electrons. The van der Waals surface area contributed by atoms with Crippen molar-refractivity contribution in [1.29, 1.82) is 0 Å². The fourth-order valence-corrected chi connectivity index (χ4v) is 4.75. The molecule has 7 heteroatoms. The Labute approximate surface area is 176 Å². The van der Waals surface area contributed by atoms with Crippen LogP contribution < -0.4 is 19.3 Å². The van der Waals surface area contributed by atoms with Crippen LogP contribution in [0, 0.1) is 25.7 Å². The number of rotatable bonds is 5. The third kappa shape index (κ3) is 5.68. The number of ether oxygens (including phenoxy) is 1. The van der Waals surface area contributed by atoms with Crippen LogP contribution in [-0.4, -0.2) is 42.4 Å². The molecule has 6 nitrogen and oxygen atoms in total. The van der Waals surface area contributed by atoms with E-state index < -0.39 is 15.8 Å². The second-order valence-electron chi connectivity index (χ2n) is 6.18. The Kier molecular flexibility index (Phi) is 7.02. The van der Waals surface area contributed by atoms with Crippen molar-refractivity contribution in [3.05, 3.63) is 72.0 Å². The Balaban J connectivity index is 1.77. The molecule has 0 aliphatic rings. The summed E-state index contributed by atoms with van der Waals surface area (Å²) < 4.78 is 7.96. The van der Waals surface area contributed by atoms with Gasteiger partial charge in [0.25, 0.3) is 0 Å². The first-order chi connectivity index (χ1) is 14.1. The third-order valence-corrected chi connectivity index (χ3v) is 6.52. The molecule has 0 saturated carbocycles. The number of nitrogen functional groups attached to an aromatic ring is 1. The first-order valence-electron chi connectivity index (χ1n) is 8.93. The molecule has 1 aromatic carbocycles. The van der Waals surface area contributed by atoms with Gasteiger partial charge in [-0.3, -0.25) is 0 Å². The summed E-state index contributed by atoms with van der Waals surface area (Å²) in [4.78, 5) is 12.8. The number of anilines is 1. The normalized spacial score (nSPS) is 11.0. The van der Waals surface area contributed by atoms with Crippen molar-refractivity contribution in [2.45, 2.75) is 13.8 Å². The number of aliphatic hydroxyl groups is 1. The Hall–Kier alpha value is -3.13. The second-order valence-corrected chi connectivity index (χ2v) is 8.91. The molecule has 0 bridgehead atoms. The van der Waals surface area contributed by atoms with Crippen LogP contribution in [0.5, 0.6) is 11.5 Å². The number of hydrogen-bond donors (Lipinski definition) is 2. The predicted molar refractivity (Wildman–Crippen MR) is 116 cm³/mol. The molecule has 0 amide bonds. The van der Waals surface area contributed by atoms with Gasteiger partial charge in [-0.15, -0.1) is 0 Å². The molecular weight excluding hydrogens is 427 g/mol. The van der Waals surface area contributed by atoms with Crippen molar-refractivity contribution in [2.75, 3.05) is 12.3 Å². The summed E-state index contributed by atoms with van der Waals surface area (Å²) in [5, 5.41) is 8.75. The number of nitrogens with two attached hydrogens (primary N) is 1. The monoisotopic (exact) mass is 448 g/mol. The zero-order chi connectivity index (χ0) is 20.6. The average molecular weight is 448 g/mol. The summed E-state index contributed by atoms with van der Waals surface area (Å²) in [5.74, 6) is 7.21. The van der Waals surface area contributed by atoms with Gasteiger partial charge in [0.2, 0.25) is 0 Å². The van der Waals surface area contributed by atoms with Crippen LogP contribution >= 0.6 is 0 Å². The van der Waals surface area contributed by atoms with Crippen LogP contribution in [0.15, 0.2) is 55.0 Å². The summed E-state index contributed by atoms with van der Waals surface area (Å²) in [5.41, 5.74) is 9.23. The van der Waals surface area contributed by atoms with E-state index in [1.165, 1.54) is 10.7 Å². The molecule has 3 aromatic rings. The van der Waals surface area contributed by atoms with E-state index in [0.29, 0.717) is 17.1 Å². The summed E-state index contributed by atoms with van der Waals surface area (Å²) in [6.45, 7) is 3.90. The Bertz CT molecular complexity index is 1090. The van der Waals surface area contributed by atoms with Crippen molar-refractivity contribution in [1.82, 2.24) is 15.0 Å². The minimum atomic E-state index is -0.754. The Morgan fingerprint density at radius 2 is 2.03 bits per heavy atom. The molecule has 29 heavy (non-hydrogen) atoms. The van der Waals surface area contributed by atoms with Crippen molar-refractivity contribution in [2.24, 2.45) is 0 Å². The number of aryl methyl sites for hydroxylation is 2. The van der Waals surface area contributed by atoms with E-state index in [1.807, 2.05) is 38.1 Å². The van der Waals surface area contributed by atoms with Gasteiger partial charge in [0.05, 0.1) is 0 Å². The van der Waals surface area contributed by atoms with Crippen molar-refractivity contribution in [3.63, 3.8) is 0 Å². The second kappa shape index (κ2) is 9.88. The van der Waals surface area contributed by atoms with E-state index in [9.17, 15) is 0 Å². The predicted octanol–water partition coefficient (Wildman–Crippen LogP) is 1.15. The van der Waals surface area contributed by atoms with Crippen LogP contribution in [0.4, 0.5) is 5.69 Å². The number of allylic oxidation sites excluding steroid dienone is 1. The van der Waals surface area contributed by atoms with Crippen molar-refractivity contribution in [3.8, 4) is 23.3 Å². The summed E-state index contributed by atoms with van der Waals surface area (Å²) in [6.07, 6.45) is 6.33. The molecule has 2 aromatic heterocycles. The summed E-state index contributed by atoms with van der Waals surface area (Å²) in [6, 6.07) is 9.94. The first kappa shape index (κ1) is 20.6. The van der Waals surface area contributed by atoms with Gasteiger partial charge in [0.15, 0.2) is 0 Å². The first-order valence-corrected chi connectivity index (χ1v) is 11.0. The van der Waals surface area contributed by atoms with Gasteiger partial charge >= 0.3 is 177 Å². The van der Waals surface area contributed by atoms with E-state index >= 15 is 0 Å². The van der Waals surface area contributed by atoms with Gasteiger partial charge in [-0.25, -0.2) is 0 Å². The molecule has 0 aliphatic carbocycles. The number of benzene rings is 1. The molecular formula is C22H21AsN4O2. The molecule has 2 heterocycles. The standard InChI is InChI=1S/C22H21AsN4O2/c1-15-12-17(8-10-20(15)29-18-9-7-16(2)25-13-18)23-22-21(24)19(26-14-27-22)6-4-3-5-11-28/h3,5,7-10,12-14,23,28H,11,24H2,1-2H3. The quantitative estimate of drug-likeness (QED) is 0.450. The Morgan fingerprint density at radius 3 is 2.76 bits per heavy atom. The summed E-state index contributed by atoms with van der Waals surface area (Å²) in [7, 11) is 0. The van der Waals surface area contributed by atoms with Gasteiger partial charge in [0, 0.05) is 0 Å². The molecule has 0 spiro atoms. The molecule has 0 fully saturated rings. The third-order valence-electron chi connectivity index (χ3n) is 3.93. The van der Waals surface area contributed by atoms with Crippen LogP contribution in [0.2, 0.25) is 0 Å². The van der Waals surface area contributed by atoms with Gasteiger partial charge in [-0.05, 0) is 0 Å². The number of pyridine rings is 1. The topological polar surface area (TPSA) is 94.2 Å². The molecule has 0 saturated heterocycles. The molecule has 1 atom stereocenters. The number of hydrogen-bond acceptors (Lipinski definition) is 6. The minimum absolute atomic E-state index is 0.0507.